The number of phosphoric ester groups is 1. The minimum Gasteiger partial charge on any atom is -0.301 e. The van der Waals surface area contributed by atoms with E-state index in [9.17, 15) is 4.57 Å². The molecule has 0 aliphatic rings. The first-order valence-corrected chi connectivity index (χ1v) is 4.32. The maximum absolute atomic E-state index is 10.7. The first-order valence-electron chi connectivity index (χ1n) is 2.82. The second-order valence-electron chi connectivity index (χ2n) is 1.78. The van der Waals surface area contributed by atoms with Crippen LogP contribution in [0.2, 0.25) is 0 Å². The van der Waals surface area contributed by atoms with Gasteiger partial charge in [-0.2, -0.15) is 9.69 Å². The van der Waals surface area contributed by atoms with E-state index in [-0.39, 0.29) is 6.61 Å². The Labute approximate surface area is 60.1 Å². The van der Waals surface area contributed by atoms with E-state index >= 15 is 0 Å². The molecule has 10 heavy (non-hydrogen) atoms. The van der Waals surface area contributed by atoms with E-state index < -0.39 is 7.82 Å². The summed E-state index contributed by atoms with van der Waals surface area (Å²) in [7, 11) is -0.819. The van der Waals surface area contributed by atoms with Crippen LogP contribution in [0.5, 0.6) is 0 Å². The molecule has 0 aromatic rings. The normalized spacial score (nSPS) is 17.3. The van der Waals surface area contributed by atoms with Crippen molar-refractivity contribution in [3.8, 4) is 0 Å². The summed E-state index contributed by atoms with van der Waals surface area (Å²) < 4.78 is 19.5. The Hall–Kier alpha value is 0.0700. The van der Waals surface area contributed by atoms with Gasteiger partial charge in [0, 0.05) is 14.1 Å². The number of hydrogen-bond acceptors (Lipinski definition) is 4. The Morgan fingerprint density at radius 3 is 2.40 bits per heavy atom. The smallest absolute Gasteiger partial charge is 0.301 e. The largest absolute Gasteiger partial charge is 0.488 e. The van der Waals surface area contributed by atoms with Gasteiger partial charge in [-0.25, -0.2) is 4.57 Å². The van der Waals surface area contributed by atoms with E-state index in [1.165, 1.54) is 14.1 Å². The SMILES string of the molecule is CCOP(=O)(O)ON(C)C. The van der Waals surface area contributed by atoms with E-state index in [0.29, 0.717) is 0 Å². The lowest BCUT2D eigenvalue weighted by atomic mass is 10.9. The second-order valence-corrected chi connectivity index (χ2v) is 3.14. The van der Waals surface area contributed by atoms with Gasteiger partial charge in [0.25, 0.3) is 0 Å². The Morgan fingerprint density at radius 2 is 2.10 bits per heavy atom. The van der Waals surface area contributed by atoms with E-state index in [4.69, 9.17) is 4.89 Å². The molecular formula is C4H12NO4P. The Morgan fingerprint density at radius 1 is 1.60 bits per heavy atom. The molecule has 1 N–H and O–H groups in total. The van der Waals surface area contributed by atoms with Gasteiger partial charge in [0.2, 0.25) is 0 Å². The van der Waals surface area contributed by atoms with Crippen molar-refractivity contribution in [2.75, 3.05) is 20.7 Å². The van der Waals surface area contributed by atoms with Gasteiger partial charge in [0.15, 0.2) is 0 Å². The summed E-state index contributed by atoms with van der Waals surface area (Å²) in [5.74, 6) is 0. The van der Waals surface area contributed by atoms with Crippen LogP contribution in [0.25, 0.3) is 0 Å². The van der Waals surface area contributed by atoms with Gasteiger partial charge in [-0.3, -0.25) is 4.52 Å². The number of nitrogens with zero attached hydrogens (tertiary/aromatic N) is 1. The second kappa shape index (κ2) is 4.05. The van der Waals surface area contributed by atoms with Crippen LogP contribution in [0.4, 0.5) is 0 Å². The molecule has 0 heterocycles. The van der Waals surface area contributed by atoms with E-state index in [1.807, 2.05) is 0 Å². The van der Waals surface area contributed by atoms with Crippen molar-refractivity contribution in [1.29, 1.82) is 0 Å². The molecule has 1 unspecified atom stereocenters. The van der Waals surface area contributed by atoms with Crippen molar-refractivity contribution in [3.05, 3.63) is 0 Å². The molecule has 0 rings (SSSR count). The summed E-state index contributed by atoms with van der Waals surface area (Å²) in [5.41, 5.74) is 0. The van der Waals surface area contributed by atoms with Crippen LogP contribution in [0.1, 0.15) is 6.92 Å². The monoisotopic (exact) mass is 169 g/mol. The molecule has 1 atom stereocenters. The third kappa shape index (κ3) is 4.90. The van der Waals surface area contributed by atoms with Gasteiger partial charge >= 0.3 is 7.82 Å². The maximum atomic E-state index is 10.7. The summed E-state index contributed by atoms with van der Waals surface area (Å²) in [6.45, 7) is 1.77. The number of rotatable bonds is 4. The molecule has 0 saturated heterocycles. The van der Waals surface area contributed by atoms with Gasteiger partial charge in [-0.15, -0.1) is 0 Å². The average molecular weight is 169 g/mol. The van der Waals surface area contributed by atoms with Gasteiger partial charge in [0.05, 0.1) is 6.61 Å². The first kappa shape index (κ1) is 10.1. The van der Waals surface area contributed by atoms with Crippen molar-refractivity contribution in [1.82, 2.24) is 5.06 Å². The summed E-state index contributed by atoms with van der Waals surface area (Å²) in [4.78, 5) is 8.75. The predicted molar refractivity (Wildman–Crippen MR) is 36.2 cm³/mol. The van der Waals surface area contributed by atoms with Gasteiger partial charge in [-0.1, -0.05) is 0 Å². The minimum absolute atomic E-state index is 0.154. The van der Waals surface area contributed by atoms with Crippen LogP contribution in [0.15, 0.2) is 0 Å². The van der Waals surface area contributed by atoms with Crippen LogP contribution >= 0.6 is 7.82 Å². The average Bonchev–Trinajstić information content (AvgIpc) is 1.59. The standard InChI is InChI=1S/C4H12NO4P/c1-4-8-10(6,7)9-5(2)3/h4H2,1-3H3,(H,6,7). The molecule has 0 bridgehead atoms. The lowest BCUT2D eigenvalue weighted by Gasteiger charge is -2.14. The topological polar surface area (TPSA) is 59.0 Å². The summed E-state index contributed by atoms with van der Waals surface area (Å²) in [5, 5.41) is 1.12. The molecule has 5 nitrogen and oxygen atoms in total. The fraction of sp³-hybridized carbons (Fsp3) is 1.00. The molecule has 62 valence electrons. The minimum atomic E-state index is -3.82. The summed E-state index contributed by atoms with van der Waals surface area (Å²) in [6, 6.07) is 0. The van der Waals surface area contributed by atoms with Crippen LogP contribution in [-0.4, -0.2) is 30.7 Å². The van der Waals surface area contributed by atoms with E-state index in [0.717, 1.165) is 5.06 Å². The molecular weight excluding hydrogens is 157 g/mol. The third-order valence-electron chi connectivity index (χ3n) is 0.559. The fourth-order valence-electron chi connectivity index (χ4n) is 0.393. The Kier molecular flexibility index (Phi) is 4.08. The summed E-state index contributed by atoms with van der Waals surface area (Å²) in [6.07, 6.45) is 0. The highest BCUT2D eigenvalue weighted by Crippen LogP contribution is 2.43. The number of phosphoric acid groups is 1. The maximum Gasteiger partial charge on any atom is 0.488 e. The van der Waals surface area contributed by atoms with E-state index in [1.54, 1.807) is 6.92 Å². The van der Waals surface area contributed by atoms with Crippen molar-refractivity contribution in [3.63, 3.8) is 0 Å². The van der Waals surface area contributed by atoms with Gasteiger partial charge in [0.1, 0.15) is 0 Å². The highest BCUT2D eigenvalue weighted by molar-refractivity contribution is 7.47. The number of hydroxylamine groups is 2. The molecule has 6 heteroatoms. The molecule has 0 fully saturated rings. The van der Waals surface area contributed by atoms with E-state index in [2.05, 4.69) is 9.15 Å². The first-order chi connectivity index (χ1) is 4.48. The molecule has 0 saturated carbocycles. The van der Waals surface area contributed by atoms with Crippen molar-refractivity contribution < 1.29 is 18.6 Å². The highest BCUT2D eigenvalue weighted by Gasteiger charge is 2.21. The third-order valence-corrected chi connectivity index (χ3v) is 1.68. The predicted octanol–water partition coefficient (Wildman–Crippen LogP) is 0.617. The van der Waals surface area contributed by atoms with Crippen LogP contribution in [-0.2, 0) is 13.7 Å². The molecule has 0 radical (unpaired) electrons. The lowest BCUT2D eigenvalue weighted by Crippen LogP contribution is -2.11. The zero-order chi connectivity index (χ0) is 8.20. The van der Waals surface area contributed by atoms with Crippen LogP contribution in [0, 0.1) is 0 Å². The molecule has 0 aliphatic heterocycles. The van der Waals surface area contributed by atoms with Crippen molar-refractivity contribution in [2.24, 2.45) is 0 Å². The van der Waals surface area contributed by atoms with Crippen LogP contribution < -0.4 is 0 Å². The van der Waals surface area contributed by atoms with Gasteiger partial charge in [-0.05, 0) is 6.92 Å². The summed E-state index contributed by atoms with van der Waals surface area (Å²) >= 11 is 0. The molecule has 0 amide bonds. The van der Waals surface area contributed by atoms with Crippen molar-refractivity contribution >= 4 is 7.82 Å². The molecule has 0 aromatic heterocycles. The zero-order valence-electron chi connectivity index (χ0n) is 6.27. The molecule has 0 aliphatic carbocycles. The quantitative estimate of drug-likeness (QED) is 0.493. The van der Waals surface area contributed by atoms with Crippen molar-refractivity contribution in [2.45, 2.75) is 6.92 Å². The molecule has 0 aromatic carbocycles. The lowest BCUT2D eigenvalue weighted by molar-refractivity contribution is -0.0407. The number of hydrogen-bond donors (Lipinski definition) is 1. The fourth-order valence-corrected chi connectivity index (χ4v) is 1.18. The Balaban J connectivity index is 3.75. The Bertz CT molecular complexity index is 137. The van der Waals surface area contributed by atoms with Gasteiger partial charge < -0.3 is 4.89 Å². The molecule has 0 spiro atoms. The highest BCUT2D eigenvalue weighted by atomic mass is 31.2. The van der Waals surface area contributed by atoms with Crippen LogP contribution in [0.3, 0.4) is 0 Å². The zero-order valence-corrected chi connectivity index (χ0v) is 7.17.